The van der Waals surface area contributed by atoms with E-state index < -0.39 is 10.0 Å². The number of aryl methyl sites for hydroxylation is 1. The molecule has 0 bridgehead atoms. The van der Waals surface area contributed by atoms with Gasteiger partial charge in [-0.3, -0.25) is 4.90 Å². The zero-order valence-electron chi connectivity index (χ0n) is 16.8. The van der Waals surface area contributed by atoms with E-state index in [4.69, 9.17) is 0 Å². The lowest BCUT2D eigenvalue weighted by Crippen LogP contribution is -2.46. The van der Waals surface area contributed by atoms with Crippen molar-refractivity contribution in [3.05, 3.63) is 42.5 Å². The number of aromatic nitrogens is 3. The molecule has 28 heavy (non-hydrogen) atoms. The summed E-state index contributed by atoms with van der Waals surface area (Å²) in [5.41, 5.74) is 0.0494. The zero-order chi connectivity index (χ0) is 19.9. The van der Waals surface area contributed by atoms with E-state index in [1.54, 1.807) is 34.9 Å². The molecule has 1 unspecified atom stereocenters. The first-order chi connectivity index (χ1) is 13.3. The van der Waals surface area contributed by atoms with Crippen molar-refractivity contribution in [3.8, 4) is 0 Å². The van der Waals surface area contributed by atoms with E-state index in [2.05, 4.69) is 28.9 Å². The van der Waals surface area contributed by atoms with Gasteiger partial charge in [-0.15, -0.1) is 10.2 Å². The molecule has 1 aromatic heterocycles. The Kier molecular flexibility index (Phi) is 5.05. The summed E-state index contributed by atoms with van der Waals surface area (Å²) in [6.07, 6.45) is 3.45. The molecule has 0 aliphatic carbocycles. The van der Waals surface area contributed by atoms with Gasteiger partial charge in [0.15, 0.2) is 0 Å². The van der Waals surface area contributed by atoms with Crippen molar-refractivity contribution in [2.75, 3.05) is 26.2 Å². The van der Waals surface area contributed by atoms with Crippen LogP contribution in [0.4, 0.5) is 0 Å². The van der Waals surface area contributed by atoms with Gasteiger partial charge < -0.3 is 4.57 Å². The minimum absolute atomic E-state index is 0.0494. The van der Waals surface area contributed by atoms with Gasteiger partial charge >= 0.3 is 0 Å². The number of likely N-dealkylation sites (tertiary alicyclic amines) is 1. The summed E-state index contributed by atoms with van der Waals surface area (Å²) in [7, 11) is -1.43. The third-order valence-corrected chi connectivity index (χ3v) is 8.47. The van der Waals surface area contributed by atoms with E-state index >= 15 is 0 Å². The Bertz CT molecular complexity index is 917. The number of rotatable bonds is 4. The molecule has 8 heteroatoms. The largest absolute Gasteiger partial charge is 0.320 e. The summed E-state index contributed by atoms with van der Waals surface area (Å²) in [5, 5.41) is 8.51. The number of nitrogens with zero attached hydrogens (tertiary/aromatic N) is 5. The van der Waals surface area contributed by atoms with Gasteiger partial charge in [0.05, 0.1) is 4.90 Å². The first kappa shape index (κ1) is 19.5. The molecule has 2 aliphatic heterocycles. The summed E-state index contributed by atoms with van der Waals surface area (Å²) in [4.78, 5) is 2.88. The molecule has 4 rings (SSSR count). The van der Waals surface area contributed by atoms with E-state index in [0.29, 0.717) is 24.0 Å². The van der Waals surface area contributed by atoms with E-state index in [1.165, 1.54) is 0 Å². The average molecular weight is 404 g/mol. The van der Waals surface area contributed by atoms with Crippen LogP contribution in [0.1, 0.15) is 38.4 Å². The zero-order valence-corrected chi connectivity index (χ0v) is 17.6. The first-order valence-electron chi connectivity index (χ1n) is 9.97. The van der Waals surface area contributed by atoms with Crippen molar-refractivity contribution in [2.24, 2.45) is 12.5 Å². The highest BCUT2D eigenvalue weighted by Gasteiger charge is 2.51. The predicted molar refractivity (Wildman–Crippen MR) is 107 cm³/mol. The second kappa shape index (κ2) is 7.24. The SMILES string of the molecule is CC(C)N1CC(c2nncn2C)C2(CCN(S(=O)(=O)c3ccccc3)CC2)C1. The normalized spacial score (nSPS) is 23.6. The molecule has 1 spiro atoms. The fourth-order valence-electron chi connectivity index (χ4n) is 4.78. The summed E-state index contributed by atoms with van der Waals surface area (Å²) in [6, 6.07) is 9.21. The number of sulfonamides is 1. The van der Waals surface area contributed by atoms with Crippen LogP contribution in [0.5, 0.6) is 0 Å². The average Bonchev–Trinajstić information content (AvgIpc) is 3.26. The van der Waals surface area contributed by atoms with Crippen molar-refractivity contribution < 1.29 is 8.42 Å². The summed E-state index contributed by atoms with van der Waals surface area (Å²) in [6.45, 7) is 7.50. The summed E-state index contributed by atoms with van der Waals surface area (Å²) < 4.78 is 29.7. The highest BCUT2D eigenvalue weighted by Crippen LogP contribution is 2.50. The molecule has 152 valence electrons. The molecule has 1 atom stereocenters. The van der Waals surface area contributed by atoms with E-state index in [0.717, 1.165) is 31.8 Å². The molecule has 1 aromatic carbocycles. The van der Waals surface area contributed by atoms with Crippen molar-refractivity contribution in [1.29, 1.82) is 0 Å². The van der Waals surface area contributed by atoms with Crippen LogP contribution in [0, 0.1) is 5.41 Å². The standard InChI is InChI=1S/C20H29N5O2S/c1-16(2)24-13-18(19-22-21-15-23(19)3)20(14-24)9-11-25(12-10-20)28(26,27)17-7-5-4-6-8-17/h4-8,15-16,18H,9-14H2,1-3H3. The molecule has 2 aliphatic rings. The Hall–Kier alpha value is -1.77. The van der Waals surface area contributed by atoms with Crippen molar-refractivity contribution in [2.45, 2.75) is 43.5 Å². The predicted octanol–water partition coefficient (Wildman–Crippen LogP) is 2.09. The van der Waals surface area contributed by atoms with Crippen LogP contribution in [0.25, 0.3) is 0 Å². The monoisotopic (exact) mass is 403 g/mol. The fourth-order valence-corrected chi connectivity index (χ4v) is 6.25. The lowest BCUT2D eigenvalue weighted by molar-refractivity contribution is 0.131. The molecule has 3 heterocycles. The lowest BCUT2D eigenvalue weighted by Gasteiger charge is -2.42. The fraction of sp³-hybridized carbons (Fsp3) is 0.600. The molecule has 7 nitrogen and oxygen atoms in total. The summed E-state index contributed by atoms with van der Waals surface area (Å²) in [5.74, 6) is 1.30. The molecular weight excluding hydrogens is 374 g/mol. The molecule has 2 aromatic rings. The second-order valence-corrected chi connectivity index (χ2v) is 10.4. The topological polar surface area (TPSA) is 71.3 Å². The van der Waals surface area contributed by atoms with Gasteiger partial charge in [0.1, 0.15) is 12.2 Å². The van der Waals surface area contributed by atoms with Crippen LogP contribution in [0.15, 0.2) is 41.6 Å². The van der Waals surface area contributed by atoms with Gasteiger partial charge in [-0.05, 0) is 44.2 Å². The van der Waals surface area contributed by atoms with Crippen molar-refractivity contribution in [1.82, 2.24) is 24.0 Å². The van der Waals surface area contributed by atoms with Crippen LogP contribution in [-0.4, -0.2) is 64.6 Å². The molecule has 0 amide bonds. The third-order valence-electron chi connectivity index (χ3n) is 6.56. The molecule has 2 fully saturated rings. The van der Waals surface area contributed by atoms with Crippen LogP contribution in [-0.2, 0) is 17.1 Å². The maximum Gasteiger partial charge on any atom is 0.243 e. The van der Waals surface area contributed by atoms with E-state index in [-0.39, 0.29) is 11.3 Å². The third kappa shape index (κ3) is 3.27. The first-order valence-corrected chi connectivity index (χ1v) is 11.4. The molecule has 0 radical (unpaired) electrons. The molecular formula is C20H29N5O2S. The van der Waals surface area contributed by atoms with Gasteiger partial charge in [0.25, 0.3) is 0 Å². The Morgan fingerprint density at radius 1 is 1.14 bits per heavy atom. The quantitative estimate of drug-likeness (QED) is 0.782. The minimum atomic E-state index is -3.43. The number of benzene rings is 1. The number of hydrogen-bond donors (Lipinski definition) is 0. The van der Waals surface area contributed by atoms with E-state index in [9.17, 15) is 8.42 Å². The second-order valence-electron chi connectivity index (χ2n) is 8.46. The van der Waals surface area contributed by atoms with Crippen LogP contribution >= 0.6 is 0 Å². The maximum atomic E-state index is 13.0. The van der Waals surface area contributed by atoms with Gasteiger partial charge in [-0.2, -0.15) is 4.31 Å². The number of hydrogen-bond acceptors (Lipinski definition) is 5. The maximum absolute atomic E-state index is 13.0. The van der Waals surface area contributed by atoms with Gasteiger partial charge in [-0.1, -0.05) is 18.2 Å². The summed E-state index contributed by atoms with van der Waals surface area (Å²) >= 11 is 0. The highest BCUT2D eigenvalue weighted by molar-refractivity contribution is 7.89. The smallest absolute Gasteiger partial charge is 0.243 e. The molecule has 2 saturated heterocycles. The Labute approximate surface area is 167 Å². The lowest BCUT2D eigenvalue weighted by atomic mass is 9.71. The Morgan fingerprint density at radius 3 is 2.39 bits per heavy atom. The Morgan fingerprint density at radius 2 is 1.82 bits per heavy atom. The molecule has 0 N–H and O–H groups in total. The van der Waals surface area contributed by atoms with Crippen LogP contribution in [0.3, 0.4) is 0 Å². The van der Waals surface area contributed by atoms with Crippen molar-refractivity contribution >= 4 is 10.0 Å². The molecule has 0 saturated carbocycles. The van der Waals surface area contributed by atoms with E-state index in [1.807, 2.05) is 17.7 Å². The Balaban J connectivity index is 1.58. The van der Waals surface area contributed by atoms with Gasteiger partial charge in [0, 0.05) is 45.2 Å². The van der Waals surface area contributed by atoms with Gasteiger partial charge in [0.2, 0.25) is 10.0 Å². The number of piperidine rings is 1. The van der Waals surface area contributed by atoms with Gasteiger partial charge in [-0.25, -0.2) is 8.42 Å². The van der Waals surface area contributed by atoms with Crippen molar-refractivity contribution in [3.63, 3.8) is 0 Å². The van der Waals surface area contributed by atoms with Crippen LogP contribution < -0.4 is 0 Å². The highest BCUT2D eigenvalue weighted by atomic mass is 32.2. The van der Waals surface area contributed by atoms with Crippen LogP contribution in [0.2, 0.25) is 0 Å². The minimum Gasteiger partial charge on any atom is -0.320 e.